The van der Waals surface area contributed by atoms with Crippen LogP contribution in [0.5, 0.6) is 5.75 Å². The molecule has 1 rings (SSSR count). The Morgan fingerprint density at radius 3 is 2.56 bits per heavy atom. The minimum Gasteiger partial charge on any atom is -0.496 e. The number of nitrogens with zero attached hydrogens (tertiary/aromatic N) is 1. The molecule has 0 aliphatic rings. The van der Waals surface area contributed by atoms with E-state index < -0.39 is 0 Å². The molecule has 1 aromatic carbocycles. The molecule has 1 aromatic rings. The largest absolute Gasteiger partial charge is 0.496 e. The Hall–Kier alpha value is -1.81. The Morgan fingerprint density at radius 1 is 1.28 bits per heavy atom. The molecule has 0 saturated heterocycles. The number of para-hydroxylation sites is 1. The van der Waals surface area contributed by atoms with Crippen LogP contribution in [0.3, 0.4) is 0 Å². The average Bonchev–Trinajstić information content (AvgIpc) is 2.42. The molecule has 0 amide bonds. The van der Waals surface area contributed by atoms with Crippen LogP contribution in [0.2, 0.25) is 0 Å². The molecular weight excluding hydrogens is 230 g/mol. The third-order valence-electron chi connectivity index (χ3n) is 2.46. The molecule has 4 heteroatoms. The van der Waals surface area contributed by atoms with E-state index in [9.17, 15) is 4.79 Å². The van der Waals surface area contributed by atoms with Crippen LogP contribution in [0.15, 0.2) is 30.3 Å². The number of hydrogen-bond acceptors (Lipinski definition) is 4. The van der Waals surface area contributed by atoms with Crippen LogP contribution in [0.25, 0.3) is 6.08 Å². The third-order valence-corrected chi connectivity index (χ3v) is 2.46. The Morgan fingerprint density at radius 2 is 1.94 bits per heavy atom. The van der Waals surface area contributed by atoms with E-state index in [4.69, 9.17) is 9.57 Å². The molecule has 0 atom stereocenters. The van der Waals surface area contributed by atoms with Gasteiger partial charge in [0, 0.05) is 24.7 Å². The van der Waals surface area contributed by atoms with Gasteiger partial charge in [-0.05, 0) is 26.0 Å². The smallest absolute Gasteiger partial charge is 0.349 e. The number of rotatable bonds is 6. The van der Waals surface area contributed by atoms with Crippen molar-refractivity contribution in [2.24, 2.45) is 0 Å². The first-order valence-corrected chi connectivity index (χ1v) is 5.99. The number of carbonyl (C=O) groups is 1. The molecule has 0 fully saturated rings. The third kappa shape index (κ3) is 4.22. The van der Waals surface area contributed by atoms with Crippen LogP contribution in [0, 0.1) is 0 Å². The molecule has 0 N–H and O–H groups in total. The highest BCUT2D eigenvalue weighted by Gasteiger charge is 2.05. The number of methoxy groups -OCH3 is 1. The fourth-order valence-corrected chi connectivity index (χ4v) is 1.47. The number of ether oxygens (including phenoxy) is 1. The van der Waals surface area contributed by atoms with Gasteiger partial charge < -0.3 is 9.57 Å². The van der Waals surface area contributed by atoms with Gasteiger partial charge in [-0.1, -0.05) is 18.2 Å². The summed E-state index contributed by atoms with van der Waals surface area (Å²) in [6.45, 7) is 5.21. The minimum atomic E-state index is -0.385. The minimum absolute atomic E-state index is 0.385. The number of hydroxylamine groups is 2. The van der Waals surface area contributed by atoms with E-state index in [0.29, 0.717) is 13.1 Å². The summed E-state index contributed by atoms with van der Waals surface area (Å²) in [7, 11) is 1.60. The molecule has 0 aromatic heterocycles. The maximum atomic E-state index is 11.6. The molecule has 0 aliphatic heterocycles. The van der Waals surface area contributed by atoms with Gasteiger partial charge in [0.15, 0.2) is 0 Å². The van der Waals surface area contributed by atoms with Gasteiger partial charge in [0.05, 0.1) is 7.11 Å². The van der Waals surface area contributed by atoms with E-state index in [2.05, 4.69) is 0 Å². The van der Waals surface area contributed by atoms with Crippen LogP contribution in [-0.4, -0.2) is 31.2 Å². The molecule has 18 heavy (non-hydrogen) atoms. The first-order chi connectivity index (χ1) is 8.71. The Balaban J connectivity index is 2.66. The summed E-state index contributed by atoms with van der Waals surface area (Å²) in [6, 6.07) is 7.48. The van der Waals surface area contributed by atoms with Gasteiger partial charge in [-0.15, -0.1) is 5.06 Å². The molecule has 0 aliphatic carbocycles. The summed E-state index contributed by atoms with van der Waals surface area (Å²) in [5.74, 6) is 0.342. The first kappa shape index (κ1) is 14.3. The quantitative estimate of drug-likeness (QED) is 0.573. The summed E-state index contributed by atoms with van der Waals surface area (Å²) >= 11 is 0. The molecule has 98 valence electrons. The monoisotopic (exact) mass is 249 g/mol. The lowest BCUT2D eigenvalue weighted by Gasteiger charge is -2.15. The lowest BCUT2D eigenvalue weighted by atomic mass is 10.2. The fourth-order valence-electron chi connectivity index (χ4n) is 1.47. The van der Waals surface area contributed by atoms with Crippen LogP contribution in [0.1, 0.15) is 19.4 Å². The molecule has 0 unspecified atom stereocenters. The van der Waals surface area contributed by atoms with Crippen molar-refractivity contribution in [3.05, 3.63) is 35.9 Å². The van der Waals surface area contributed by atoms with E-state index in [1.807, 2.05) is 38.1 Å². The van der Waals surface area contributed by atoms with Crippen molar-refractivity contribution in [1.82, 2.24) is 5.06 Å². The van der Waals surface area contributed by atoms with Gasteiger partial charge in [0.25, 0.3) is 0 Å². The second-order valence-corrected chi connectivity index (χ2v) is 3.60. The Kier molecular flexibility index (Phi) is 5.94. The van der Waals surface area contributed by atoms with Crippen molar-refractivity contribution >= 4 is 12.0 Å². The molecule has 0 bridgehead atoms. The fraction of sp³-hybridized carbons (Fsp3) is 0.357. The van der Waals surface area contributed by atoms with Gasteiger partial charge in [-0.25, -0.2) is 4.79 Å². The highest BCUT2D eigenvalue weighted by molar-refractivity contribution is 5.87. The number of hydrogen-bond donors (Lipinski definition) is 0. The zero-order valence-corrected chi connectivity index (χ0v) is 11.1. The summed E-state index contributed by atoms with van der Waals surface area (Å²) in [5, 5.41) is 1.59. The SMILES string of the molecule is CCN(CC)OC(=O)/C=C/c1ccccc1OC. The van der Waals surface area contributed by atoms with Crippen LogP contribution in [-0.2, 0) is 9.63 Å². The normalized spacial score (nSPS) is 10.9. The van der Waals surface area contributed by atoms with Crippen LogP contribution in [0.4, 0.5) is 0 Å². The van der Waals surface area contributed by atoms with Crippen LogP contribution < -0.4 is 4.74 Å². The second kappa shape index (κ2) is 7.50. The zero-order chi connectivity index (χ0) is 13.4. The topological polar surface area (TPSA) is 38.8 Å². The molecule has 0 radical (unpaired) electrons. The average molecular weight is 249 g/mol. The van der Waals surface area contributed by atoms with Crippen molar-refractivity contribution in [3.63, 3.8) is 0 Å². The lowest BCUT2D eigenvalue weighted by molar-refractivity contribution is -0.182. The van der Waals surface area contributed by atoms with Crippen molar-refractivity contribution in [2.75, 3.05) is 20.2 Å². The van der Waals surface area contributed by atoms with Crippen molar-refractivity contribution < 1.29 is 14.4 Å². The maximum absolute atomic E-state index is 11.6. The van der Waals surface area contributed by atoms with Crippen molar-refractivity contribution in [3.8, 4) is 5.75 Å². The van der Waals surface area contributed by atoms with Gasteiger partial charge >= 0.3 is 5.97 Å². The molecule has 4 nitrogen and oxygen atoms in total. The van der Waals surface area contributed by atoms with E-state index >= 15 is 0 Å². The van der Waals surface area contributed by atoms with Gasteiger partial charge in [-0.3, -0.25) is 0 Å². The first-order valence-electron chi connectivity index (χ1n) is 5.99. The van der Waals surface area contributed by atoms with E-state index in [1.165, 1.54) is 6.08 Å². The maximum Gasteiger partial charge on any atom is 0.349 e. The predicted octanol–water partition coefficient (Wildman–Crippen LogP) is 2.51. The van der Waals surface area contributed by atoms with Crippen molar-refractivity contribution in [1.29, 1.82) is 0 Å². The Bertz CT molecular complexity index is 411. The molecular formula is C14H19NO3. The molecule has 0 heterocycles. The predicted molar refractivity (Wildman–Crippen MR) is 71.0 cm³/mol. The zero-order valence-electron chi connectivity index (χ0n) is 11.1. The van der Waals surface area contributed by atoms with E-state index in [-0.39, 0.29) is 5.97 Å². The highest BCUT2D eigenvalue weighted by atomic mass is 16.7. The van der Waals surface area contributed by atoms with Gasteiger partial charge in [0.2, 0.25) is 0 Å². The summed E-state index contributed by atoms with van der Waals surface area (Å²) in [6.07, 6.45) is 3.08. The number of carbonyl (C=O) groups excluding carboxylic acids is 1. The van der Waals surface area contributed by atoms with Crippen LogP contribution >= 0.6 is 0 Å². The van der Waals surface area contributed by atoms with E-state index in [1.54, 1.807) is 18.2 Å². The number of benzene rings is 1. The molecule has 0 spiro atoms. The summed E-state index contributed by atoms with van der Waals surface area (Å²) in [5.41, 5.74) is 0.844. The van der Waals surface area contributed by atoms with E-state index in [0.717, 1.165) is 11.3 Å². The molecule has 0 saturated carbocycles. The standard InChI is InChI=1S/C14H19NO3/c1-4-15(5-2)18-14(16)11-10-12-8-6-7-9-13(12)17-3/h6-11H,4-5H2,1-3H3/b11-10+. The second-order valence-electron chi connectivity index (χ2n) is 3.60. The summed E-state index contributed by atoms with van der Waals surface area (Å²) < 4.78 is 5.19. The lowest BCUT2D eigenvalue weighted by Crippen LogP contribution is -2.25. The van der Waals surface area contributed by atoms with Gasteiger partial charge in [0.1, 0.15) is 5.75 Å². The van der Waals surface area contributed by atoms with Gasteiger partial charge in [-0.2, -0.15) is 0 Å². The van der Waals surface area contributed by atoms with Crippen molar-refractivity contribution in [2.45, 2.75) is 13.8 Å². The summed E-state index contributed by atoms with van der Waals surface area (Å²) in [4.78, 5) is 16.7. The highest BCUT2D eigenvalue weighted by Crippen LogP contribution is 2.18. The Labute approximate surface area is 108 Å².